The molecule has 3 N–H and O–H groups in total. The minimum absolute atomic E-state index is 0.204. The maximum Gasteiger partial charge on any atom is 0.320 e. The van der Waals surface area contributed by atoms with Crippen molar-refractivity contribution in [1.82, 2.24) is 25.2 Å². The number of aromatic nitrogens is 3. The summed E-state index contributed by atoms with van der Waals surface area (Å²) >= 11 is 0. The molecule has 10 heteroatoms. The van der Waals surface area contributed by atoms with Crippen molar-refractivity contribution in [2.24, 2.45) is 0 Å². The molecule has 0 bridgehead atoms. The number of nitrogens with zero attached hydrogens (tertiary/aromatic N) is 5. The standard InChI is InChI=1S/C36H52N8OSi/c1-24(2)46(25(3)4,26(5)6)22-17-31-27(7)33(42-36(45)39-28-11-9-10-12-28)40-34-32(31)23-37-35(41-34)38-29-13-15-30(16-14-29)44-20-18-43(8)19-21-44/h13-16,23-26,28H,9-12,18-21H2,1-8H3,(H3,37,38,39,40,41,42,45). The van der Waals surface area contributed by atoms with Gasteiger partial charge in [-0.1, -0.05) is 60.3 Å². The second-order valence-electron chi connectivity index (χ2n) is 14.1. The van der Waals surface area contributed by atoms with Crippen LogP contribution in [0.4, 0.5) is 27.9 Å². The van der Waals surface area contributed by atoms with Crippen LogP contribution in [0.3, 0.4) is 0 Å². The summed E-state index contributed by atoms with van der Waals surface area (Å²) in [6.45, 7) is 20.1. The molecule has 9 nitrogen and oxygen atoms in total. The number of hydrogen-bond donors (Lipinski definition) is 3. The van der Waals surface area contributed by atoms with Gasteiger partial charge in [-0.15, -0.1) is 5.54 Å². The average molecular weight is 641 g/mol. The largest absolute Gasteiger partial charge is 0.369 e. The molecule has 3 aromatic rings. The van der Waals surface area contributed by atoms with Crippen LogP contribution in [-0.4, -0.2) is 73.2 Å². The van der Waals surface area contributed by atoms with Crippen molar-refractivity contribution >= 4 is 48.3 Å². The van der Waals surface area contributed by atoms with Crippen LogP contribution in [0.15, 0.2) is 30.5 Å². The SMILES string of the molecule is Cc1c(NC(=O)NC2CCCC2)nc2nc(Nc3ccc(N4CCN(C)CC4)cc3)ncc2c1C#C[Si](C(C)C)(C(C)C)C(C)C. The van der Waals surface area contributed by atoms with E-state index in [1.54, 1.807) is 0 Å². The van der Waals surface area contributed by atoms with Gasteiger partial charge in [0.2, 0.25) is 5.95 Å². The molecule has 3 heterocycles. The lowest BCUT2D eigenvalue weighted by molar-refractivity contribution is 0.248. The van der Waals surface area contributed by atoms with Gasteiger partial charge in [-0.3, -0.25) is 5.32 Å². The number of benzene rings is 1. The Bertz CT molecular complexity index is 1560. The lowest BCUT2D eigenvalue weighted by Crippen LogP contribution is -2.44. The molecule has 2 fully saturated rings. The van der Waals surface area contributed by atoms with Crippen molar-refractivity contribution in [3.63, 3.8) is 0 Å². The Morgan fingerprint density at radius 3 is 2.17 bits per heavy atom. The molecular formula is C36H52N8OSi. The predicted octanol–water partition coefficient (Wildman–Crippen LogP) is 7.46. The third-order valence-corrected chi connectivity index (χ3v) is 16.5. The molecule has 0 radical (unpaired) electrons. The van der Waals surface area contributed by atoms with E-state index in [0.717, 1.165) is 74.1 Å². The van der Waals surface area contributed by atoms with Gasteiger partial charge in [0.1, 0.15) is 13.9 Å². The first-order valence-electron chi connectivity index (χ1n) is 17.1. The van der Waals surface area contributed by atoms with E-state index in [-0.39, 0.29) is 12.1 Å². The third-order valence-electron chi connectivity index (χ3n) is 10.2. The molecule has 2 aromatic heterocycles. The van der Waals surface area contributed by atoms with E-state index in [9.17, 15) is 4.79 Å². The van der Waals surface area contributed by atoms with E-state index in [2.05, 4.69) is 110 Å². The van der Waals surface area contributed by atoms with Crippen LogP contribution in [0, 0.1) is 18.4 Å². The summed E-state index contributed by atoms with van der Waals surface area (Å²) in [5.74, 6) is 4.57. The third kappa shape index (κ3) is 7.31. The van der Waals surface area contributed by atoms with Gasteiger partial charge in [0.25, 0.3) is 0 Å². The fourth-order valence-corrected chi connectivity index (χ4v) is 12.6. The van der Waals surface area contributed by atoms with Crippen LogP contribution in [-0.2, 0) is 0 Å². The number of fused-ring (bicyclic) bond motifs is 1. The van der Waals surface area contributed by atoms with Crippen molar-refractivity contribution in [1.29, 1.82) is 0 Å². The van der Waals surface area contributed by atoms with E-state index in [0.29, 0.717) is 34.0 Å². The van der Waals surface area contributed by atoms with Gasteiger partial charge in [-0.2, -0.15) is 4.98 Å². The number of carbonyl (C=O) groups is 1. The van der Waals surface area contributed by atoms with Gasteiger partial charge in [-0.05, 0) is 67.7 Å². The van der Waals surface area contributed by atoms with Crippen molar-refractivity contribution in [2.75, 3.05) is 48.8 Å². The molecule has 1 aliphatic carbocycles. The fourth-order valence-electron chi connectivity index (χ4n) is 7.44. The summed E-state index contributed by atoms with van der Waals surface area (Å²) in [6, 6.07) is 8.38. The van der Waals surface area contributed by atoms with Crippen molar-refractivity contribution in [2.45, 2.75) is 96.8 Å². The smallest absolute Gasteiger partial charge is 0.320 e. The van der Waals surface area contributed by atoms with Crippen LogP contribution in [0.1, 0.15) is 78.4 Å². The first-order chi connectivity index (χ1) is 22.0. The van der Waals surface area contributed by atoms with Gasteiger partial charge >= 0.3 is 6.03 Å². The maximum absolute atomic E-state index is 13.1. The lowest BCUT2D eigenvalue weighted by Gasteiger charge is -2.38. The van der Waals surface area contributed by atoms with Gasteiger partial charge in [-0.25, -0.2) is 14.8 Å². The highest BCUT2D eigenvalue weighted by atomic mass is 28.3. The monoisotopic (exact) mass is 640 g/mol. The summed E-state index contributed by atoms with van der Waals surface area (Å²) in [5.41, 5.74) is 9.65. The summed E-state index contributed by atoms with van der Waals surface area (Å²) in [6.07, 6.45) is 6.14. The molecule has 0 unspecified atom stereocenters. The van der Waals surface area contributed by atoms with Gasteiger partial charge in [0.15, 0.2) is 5.65 Å². The minimum atomic E-state index is -2.02. The van der Waals surface area contributed by atoms with Crippen molar-refractivity contribution in [3.05, 3.63) is 41.6 Å². The quantitative estimate of drug-likeness (QED) is 0.174. The number of nitrogens with one attached hydrogen (secondary N) is 3. The molecule has 46 heavy (non-hydrogen) atoms. The summed E-state index contributed by atoms with van der Waals surface area (Å²) in [4.78, 5) is 32.2. The summed E-state index contributed by atoms with van der Waals surface area (Å²) in [7, 11) is 0.151. The zero-order valence-electron chi connectivity index (χ0n) is 29.0. The number of piperazine rings is 1. The minimum Gasteiger partial charge on any atom is -0.369 e. The topological polar surface area (TPSA) is 98.3 Å². The second kappa shape index (κ2) is 14.4. The van der Waals surface area contributed by atoms with E-state index in [4.69, 9.17) is 15.0 Å². The maximum atomic E-state index is 13.1. The van der Waals surface area contributed by atoms with Crippen molar-refractivity contribution < 1.29 is 4.79 Å². The van der Waals surface area contributed by atoms with Crippen LogP contribution in [0.2, 0.25) is 16.6 Å². The molecule has 1 saturated carbocycles. The molecule has 2 amide bonds. The van der Waals surface area contributed by atoms with E-state index in [1.165, 1.54) is 5.69 Å². The predicted molar refractivity (Wildman–Crippen MR) is 194 cm³/mol. The highest BCUT2D eigenvalue weighted by Crippen LogP contribution is 2.41. The zero-order valence-corrected chi connectivity index (χ0v) is 30.0. The first-order valence-corrected chi connectivity index (χ1v) is 19.3. The molecule has 5 rings (SSSR count). The normalized spacial score (nSPS) is 16.3. The van der Waals surface area contributed by atoms with Crippen LogP contribution in [0.25, 0.3) is 11.0 Å². The van der Waals surface area contributed by atoms with Crippen molar-refractivity contribution in [3.8, 4) is 11.5 Å². The lowest BCUT2D eigenvalue weighted by atomic mass is 10.1. The van der Waals surface area contributed by atoms with Gasteiger partial charge in [0.05, 0.1) is 5.39 Å². The molecule has 1 aromatic carbocycles. The highest BCUT2D eigenvalue weighted by molar-refractivity contribution is 6.90. The Balaban J connectivity index is 1.49. The number of urea groups is 1. The Morgan fingerprint density at radius 1 is 0.935 bits per heavy atom. The first kappa shape index (κ1) is 33.7. The van der Waals surface area contributed by atoms with Gasteiger partial charge in [0, 0.05) is 60.9 Å². The number of pyridine rings is 1. The Hall–Kier alpha value is -3.68. The molecule has 0 atom stereocenters. The molecule has 246 valence electrons. The summed E-state index contributed by atoms with van der Waals surface area (Å²) < 4.78 is 0. The Kier molecular flexibility index (Phi) is 10.5. The highest BCUT2D eigenvalue weighted by Gasteiger charge is 2.41. The van der Waals surface area contributed by atoms with E-state index in [1.807, 2.05) is 13.1 Å². The second-order valence-corrected chi connectivity index (χ2v) is 19.7. The van der Waals surface area contributed by atoms with Gasteiger partial charge < -0.3 is 20.4 Å². The van der Waals surface area contributed by atoms with E-state index >= 15 is 0 Å². The number of rotatable bonds is 8. The number of likely N-dealkylation sites (N-methyl/N-ethyl adjacent to an activating group) is 1. The Labute approximate surface area is 276 Å². The number of amides is 2. The average Bonchev–Trinajstić information content (AvgIpc) is 3.52. The zero-order chi connectivity index (χ0) is 33.0. The molecule has 1 saturated heterocycles. The number of anilines is 4. The van der Waals surface area contributed by atoms with Crippen LogP contribution >= 0.6 is 0 Å². The number of hydrogen-bond acceptors (Lipinski definition) is 7. The Morgan fingerprint density at radius 2 is 1.57 bits per heavy atom. The number of carbonyl (C=O) groups excluding carboxylic acids is 1. The van der Waals surface area contributed by atoms with E-state index < -0.39 is 8.07 Å². The fraction of sp³-hybridized carbons (Fsp3) is 0.556. The molecule has 0 spiro atoms. The molecular weight excluding hydrogens is 589 g/mol. The molecule has 2 aliphatic rings. The molecule has 1 aliphatic heterocycles. The van der Waals surface area contributed by atoms with Crippen LogP contribution < -0.4 is 20.9 Å². The summed E-state index contributed by atoms with van der Waals surface area (Å²) in [5, 5.41) is 10.3. The van der Waals surface area contributed by atoms with Crippen LogP contribution in [0.5, 0.6) is 0 Å².